The van der Waals surface area contributed by atoms with E-state index < -0.39 is 0 Å². The minimum Gasteiger partial charge on any atom is -0.411 e. The fourth-order valence-corrected chi connectivity index (χ4v) is 4.66. The SMILES string of the molecule is O=C(CSc1nnc(-c2ccc(Cl)cc2)o1)N1CCN(C(=O)NC2CCCCC2)CC1. The van der Waals surface area contributed by atoms with E-state index in [-0.39, 0.29) is 17.7 Å². The molecular formula is C21H26ClN5O3S. The number of aromatic nitrogens is 2. The van der Waals surface area contributed by atoms with Gasteiger partial charge in [0.25, 0.3) is 5.22 Å². The molecule has 2 aromatic rings. The summed E-state index contributed by atoms with van der Waals surface area (Å²) < 4.78 is 5.63. The third kappa shape index (κ3) is 5.92. The molecule has 1 N–H and O–H groups in total. The van der Waals surface area contributed by atoms with Crippen molar-refractivity contribution in [1.82, 2.24) is 25.3 Å². The van der Waals surface area contributed by atoms with E-state index in [1.54, 1.807) is 29.2 Å². The second-order valence-corrected chi connectivity index (χ2v) is 9.18. The maximum atomic E-state index is 12.6. The van der Waals surface area contributed by atoms with Crippen LogP contribution >= 0.6 is 23.4 Å². The lowest BCUT2D eigenvalue weighted by molar-refractivity contribution is -0.129. The first-order valence-corrected chi connectivity index (χ1v) is 12.0. The van der Waals surface area contributed by atoms with Crippen LogP contribution in [-0.2, 0) is 4.79 Å². The number of hydrogen-bond acceptors (Lipinski definition) is 6. The molecule has 2 aliphatic rings. The van der Waals surface area contributed by atoms with Crippen LogP contribution in [0.4, 0.5) is 4.79 Å². The molecule has 3 amide bonds. The maximum absolute atomic E-state index is 12.6. The number of nitrogens with zero attached hydrogens (tertiary/aromatic N) is 4. The van der Waals surface area contributed by atoms with Crippen LogP contribution in [0.25, 0.3) is 11.5 Å². The summed E-state index contributed by atoms with van der Waals surface area (Å²) in [6.45, 7) is 2.18. The first kappa shape index (κ1) is 22.0. The normalized spacial score (nSPS) is 17.6. The smallest absolute Gasteiger partial charge is 0.317 e. The number of thioether (sulfide) groups is 1. The second kappa shape index (κ2) is 10.4. The summed E-state index contributed by atoms with van der Waals surface area (Å²) in [5.74, 6) is 0.615. The van der Waals surface area contributed by atoms with Gasteiger partial charge in [-0.05, 0) is 37.1 Å². The van der Waals surface area contributed by atoms with Gasteiger partial charge in [0.1, 0.15) is 0 Å². The fourth-order valence-electron chi connectivity index (χ4n) is 3.86. The fraction of sp³-hybridized carbons (Fsp3) is 0.524. The molecule has 166 valence electrons. The van der Waals surface area contributed by atoms with Crippen molar-refractivity contribution in [2.75, 3.05) is 31.9 Å². The molecule has 8 nitrogen and oxygen atoms in total. The maximum Gasteiger partial charge on any atom is 0.317 e. The quantitative estimate of drug-likeness (QED) is 0.680. The van der Waals surface area contributed by atoms with Gasteiger partial charge in [-0.2, -0.15) is 0 Å². The van der Waals surface area contributed by atoms with Crippen LogP contribution in [0.2, 0.25) is 5.02 Å². The number of urea groups is 1. The molecule has 4 rings (SSSR count). The summed E-state index contributed by atoms with van der Waals surface area (Å²) in [4.78, 5) is 28.6. The molecule has 31 heavy (non-hydrogen) atoms. The molecule has 10 heteroatoms. The van der Waals surface area contributed by atoms with Crippen LogP contribution < -0.4 is 5.32 Å². The molecule has 1 aliphatic heterocycles. The molecule has 1 saturated heterocycles. The highest BCUT2D eigenvalue weighted by Crippen LogP contribution is 2.24. The Morgan fingerprint density at radius 3 is 2.42 bits per heavy atom. The van der Waals surface area contributed by atoms with Crippen molar-refractivity contribution >= 4 is 35.3 Å². The van der Waals surface area contributed by atoms with Gasteiger partial charge < -0.3 is 19.5 Å². The third-order valence-corrected chi connectivity index (χ3v) is 6.72. The van der Waals surface area contributed by atoms with Gasteiger partial charge in [-0.15, -0.1) is 10.2 Å². The van der Waals surface area contributed by atoms with E-state index in [1.165, 1.54) is 31.0 Å². The highest BCUT2D eigenvalue weighted by Gasteiger charge is 2.26. The Kier molecular flexibility index (Phi) is 7.34. The number of hydrogen-bond donors (Lipinski definition) is 1. The first-order chi connectivity index (χ1) is 15.1. The molecule has 2 heterocycles. The van der Waals surface area contributed by atoms with Crippen LogP contribution in [0.15, 0.2) is 33.9 Å². The Labute approximate surface area is 190 Å². The second-order valence-electron chi connectivity index (χ2n) is 7.82. The van der Waals surface area contributed by atoms with Crippen molar-refractivity contribution in [2.24, 2.45) is 0 Å². The minimum absolute atomic E-state index is 0.00332. The van der Waals surface area contributed by atoms with Gasteiger partial charge in [-0.3, -0.25) is 4.79 Å². The highest BCUT2D eigenvalue weighted by atomic mass is 35.5. The Bertz CT molecular complexity index is 893. The lowest BCUT2D eigenvalue weighted by atomic mass is 9.96. The highest BCUT2D eigenvalue weighted by molar-refractivity contribution is 7.99. The van der Waals surface area contributed by atoms with E-state index in [0.717, 1.165) is 18.4 Å². The van der Waals surface area contributed by atoms with Gasteiger partial charge in [-0.25, -0.2) is 4.79 Å². The number of carbonyl (C=O) groups is 2. The average molecular weight is 464 g/mol. The number of amides is 3. The van der Waals surface area contributed by atoms with Gasteiger partial charge >= 0.3 is 6.03 Å². The summed E-state index contributed by atoms with van der Waals surface area (Å²) >= 11 is 7.12. The summed E-state index contributed by atoms with van der Waals surface area (Å²) in [5, 5.41) is 12.2. The van der Waals surface area contributed by atoms with Crippen LogP contribution in [0.1, 0.15) is 32.1 Å². The molecular weight excluding hydrogens is 438 g/mol. The number of carbonyl (C=O) groups excluding carboxylic acids is 2. The Hall–Kier alpha value is -2.26. The summed E-state index contributed by atoms with van der Waals surface area (Å²) in [7, 11) is 0. The van der Waals surface area contributed by atoms with Crippen LogP contribution in [0.3, 0.4) is 0 Å². The Morgan fingerprint density at radius 2 is 1.71 bits per heavy atom. The van der Waals surface area contributed by atoms with Crippen molar-refractivity contribution < 1.29 is 14.0 Å². The predicted molar refractivity (Wildman–Crippen MR) is 119 cm³/mol. The Balaban J connectivity index is 1.20. The summed E-state index contributed by atoms with van der Waals surface area (Å²) in [6.07, 6.45) is 5.77. The van der Waals surface area contributed by atoms with E-state index in [0.29, 0.717) is 48.4 Å². The molecule has 1 aromatic carbocycles. The van der Waals surface area contributed by atoms with Gasteiger partial charge in [0.15, 0.2) is 0 Å². The van der Waals surface area contributed by atoms with Gasteiger partial charge in [0, 0.05) is 42.8 Å². The number of piperazine rings is 1. The lowest BCUT2D eigenvalue weighted by Gasteiger charge is -2.36. The average Bonchev–Trinajstić information content (AvgIpc) is 3.28. The van der Waals surface area contributed by atoms with Crippen molar-refractivity contribution in [3.8, 4) is 11.5 Å². The molecule has 1 saturated carbocycles. The molecule has 0 radical (unpaired) electrons. The number of benzene rings is 1. The first-order valence-electron chi connectivity index (χ1n) is 10.6. The van der Waals surface area contributed by atoms with Crippen molar-refractivity contribution in [1.29, 1.82) is 0 Å². The molecule has 0 spiro atoms. The van der Waals surface area contributed by atoms with E-state index in [1.807, 2.05) is 4.90 Å². The number of rotatable bonds is 5. The van der Waals surface area contributed by atoms with Crippen molar-refractivity contribution in [2.45, 2.75) is 43.4 Å². The van der Waals surface area contributed by atoms with Crippen LogP contribution in [0, 0.1) is 0 Å². The number of halogens is 1. The van der Waals surface area contributed by atoms with E-state index in [4.69, 9.17) is 16.0 Å². The zero-order valence-corrected chi connectivity index (χ0v) is 18.8. The topological polar surface area (TPSA) is 91.6 Å². The number of nitrogens with one attached hydrogen (secondary N) is 1. The van der Waals surface area contributed by atoms with Gasteiger partial charge in [0.05, 0.1) is 5.75 Å². The van der Waals surface area contributed by atoms with Crippen LogP contribution in [0.5, 0.6) is 0 Å². The molecule has 1 aliphatic carbocycles. The lowest BCUT2D eigenvalue weighted by Crippen LogP contribution is -2.55. The standard InChI is InChI=1S/C21H26ClN5O3S/c22-16-8-6-15(7-9-16)19-24-25-21(30-19)31-14-18(28)26-10-12-27(13-11-26)20(29)23-17-4-2-1-3-5-17/h6-9,17H,1-5,10-14H2,(H,23,29). The Morgan fingerprint density at radius 1 is 1.03 bits per heavy atom. The molecule has 2 fully saturated rings. The summed E-state index contributed by atoms with van der Waals surface area (Å²) in [6, 6.07) is 7.41. The van der Waals surface area contributed by atoms with Crippen LogP contribution in [-0.4, -0.2) is 69.9 Å². The zero-order chi connectivity index (χ0) is 21.6. The van der Waals surface area contributed by atoms with Crippen molar-refractivity contribution in [3.05, 3.63) is 29.3 Å². The monoisotopic (exact) mass is 463 g/mol. The molecule has 1 aromatic heterocycles. The van der Waals surface area contributed by atoms with E-state index in [9.17, 15) is 9.59 Å². The molecule has 0 bridgehead atoms. The summed E-state index contributed by atoms with van der Waals surface area (Å²) in [5.41, 5.74) is 0.776. The largest absolute Gasteiger partial charge is 0.411 e. The third-order valence-electron chi connectivity index (χ3n) is 5.67. The molecule has 0 atom stereocenters. The van der Waals surface area contributed by atoms with Gasteiger partial charge in [-0.1, -0.05) is 42.6 Å². The zero-order valence-electron chi connectivity index (χ0n) is 17.3. The predicted octanol–water partition coefficient (Wildman–Crippen LogP) is 3.67. The van der Waals surface area contributed by atoms with E-state index in [2.05, 4.69) is 15.5 Å². The van der Waals surface area contributed by atoms with Crippen molar-refractivity contribution in [3.63, 3.8) is 0 Å². The van der Waals surface area contributed by atoms with E-state index >= 15 is 0 Å². The molecule has 0 unspecified atom stereocenters. The van der Waals surface area contributed by atoms with Gasteiger partial charge in [0.2, 0.25) is 11.8 Å². The minimum atomic E-state index is -0.00559.